The molecule has 4 aliphatic carbocycles. The fourth-order valence-electron chi connectivity index (χ4n) is 7.07. The average Bonchev–Trinajstić information content (AvgIpc) is 2.89. The van der Waals surface area contributed by atoms with Crippen LogP contribution in [-0.2, 0) is 4.79 Å². The molecular formula is C21H32O2. The van der Waals surface area contributed by atoms with Gasteiger partial charge in [0.2, 0.25) is 0 Å². The Balaban J connectivity index is 1.66. The maximum atomic E-state index is 12.1. The zero-order chi connectivity index (χ0) is 16.2. The highest BCUT2D eigenvalue weighted by molar-refractivity contribution is 5.83. The van der Waals surface area contributed by atoms with Gasteiger partial charge in [-0.05, 0) is 80.0 Å². The first kappa shape index (κ1) is 15.9. The number of hydrogen-bond acceptors (Lipinski definition) is 2. The van der Waals surface area contributed by atoms with Crippen LogP contribution < -0.4 is 0 Å². The number of rotatable bonds is 2. The quantitative estimate of drug-likeness (QED) is 0.761. The summed E-state index contributed by atoms with van der Waals surface area (Å²) in [7, 11) is 0. The molecule has 0 aromatic carbocycles. The summed E-state index contributed by atoms with van der Waals surface area (Å²) < 4.78 is 0. The van der Waals surface area contributed by atoms with Crippen molar-refractivity contribution >= 4 is 5.78 Å². The van der Waals surface area contributed by atoms with E-state index in [0.717, 1.165) is 37.0 Å². The second kappa shape index (κ2) is 5.72. The van der Waals surface area contributed by atoms with Crippen molar-refractivity contribution in [2.45, 2.75) is 71.6 Å². The molecule has 0 aromatic rings. The monoisotopic (exact) mass is 316 g/mol. The van der Waals surface area contributed by atoms with E-state index in [-0.39, 0.29) is 0 Å². The number of ketones is 1. The Morgan fingerprint density at radius 3 is 2.78 bits per heavy atom. The molecule has 0 aliphatic heterocycles. The molecule has 0 amide bonds. The molecule has 4 aliphatic rings. The molecule has 2 heteroatoms. The minimum atomic E-state index is 0.375. The van der Waals surface area contributed by atoms with Gasteiger partial charge in [0.05, 0.1) is 0 Å². The first-order chi connectivity index (χ1) is 11.1. The maximum absolute atomic E-state index is 12.1. The number of carbonyl (C=O) groups excluding carboxylic acids is 1. The Kier molecular flexibility index (Phi) is 3.95. The smallest absolute Gasteiger partial charge is 0.137 e. The second-order valence-corrected chi connectivity index (χ2v) is 9.00. The molecule has 23 heavy (non-hydrogen) atoms. The highest BCUT2D eigenvalue weighted by atomic mass is 16.3. The van der Waals surface area contributed by atoms with Crippen molar-refractivity contribution in [1.82, 2.24) is 0 Å². The fourth-order valence-corrected chi connectivity index (χ4v) is 7.07. The van der Waals surface area contributed by atoms with Gasteiger partial charge in [0.25, 0.3) is 0 Å². The van der Waals surface area contributed by atoms with Crippen LogP contribution >= 0.6 is 0 Å². The minimum absolute atomic E-state index is 0.375. The lowest BCUT2D eigenvalue weighted by Gasteiger charge is -2.53. The van der Waals surface area contributed by atoms with E-state index in [0.29, 0.717) is 29.6 Å². The molecule has 1 N–H and O–H groups in total. The number of aliphatic hydroxyl groups excluding tert-OH is 1. The zero-order valence-electron chi connectivity index (χ0n) is 14.8. The van der Waals surface area contributed by atoms with Crippen molar-refractivity contribution in [3.8, 4) is 0 Å². The molecule has 6 atom stereocenters. The van der Waals surface area contributed by atoms with Gasteiger partial charge < -0.3 is 5.11 Å². The lowest BCUT2D eigenvalue weighted by atomic mass is 9.52. The van der Waals surface area contributed by atoms with Gasteiger partial charge in [-0.2, -0.15) is 0 Å². The van der Waals surface area contributed by atoms with Crippen LogP contribution in [0.15, 0.2) is 11.1 Å². The molecule has 128 valence electrons. The van der Waals surface area contributed by atoms with E-state index in [1.165, 1.54) is 44.1 Å². The Morgan fingerprint density at radius 2 is 2.04 bits per heavy atom. The summed E-state index contributed by atoms with van der Waals surface area (Å²) in [6, 6.07) is 0. The van der Waals surface area contributed by atoms with Crippen molar-refractivity contribution < 1.29 is 9.90 Å². The highest BCUT2D eigenvalue weighted by Crippen LogP contribution is 2.63. The van der Waals surface area contributed by atoms with Gasteiger partial charge in [0.1, 0.15) is 5.78 Å². The number of fused-ring (bicyclic) bond motifs is 4. The predicted molar refractivity (Wildman–Crippen MR) is 91.9 cm³/mol. The molecular weight excluding hydrogens is 284 g/mol. The summed E-state index contributed by atoms with van der Waals surface area (Å²) >= 11 is 0. The predicted octanol–water partition coefficient (Wildman–Crippen LogP) is 4.52. The molecule has 0 radical (unpaired) electrons. The Bertz CT molecular complexity index is 534. The van der Waals surface area contributed by atoms with Crippen LogP contribution in [-0.4, -0.2) is 17.5 Å². The van der Waals surface area contributed by atoms with Gasteiger partial charge in [-0.3, -0.25) is 4.79 Å². The average molecular weight is 316 g/mol. The molecule has 4 rings (SSSR count). The van der Waals surface area contributed by atoms with E-state index in [1.54, 1.807) is 5.57 Å². The lowest BCUT2D eigenvalue weighted by molar-refractivity contribution is -0.120. The van der Waals surface area contributed by atoms with Gasteiger partial charge in [-0.1, -0.05) is 25.0 Å². The van der Waals surface area contributed by atoms with Crippen LogP contribution in [0.2, 0.25) is 0 Å². The first-order valence-electron chi connectivity index (χ1n) is 9.92. The van der Waals surface area contributed by atoms with Crippen molar-refractivity contribution in [2.24, 2.45) is 35.0 Å². The number of allylic oxidation sites excluding steroid dienone is 2. The highest BCUT2D eigenvalue weighted by Gasteiger charge is 2.55. The summed E-state index contributed by atoms with van der Waals surface area (Å²) in [6.45, 7) is 5.11. The summed E-state index contributed by atoms with van der Waals surface area (Å²) in [5, 5.41) is 9.82. The van der Waals surface area contributed by atoms with E-state index in [2.05, 4.69) is 13.8 Å². The molecule has 2 fully saturated rings. The SMILES string of the molecule is CCC1CC(=O)CC2=C1[C@H]1CC[C@]3(C)C(CO)CC[C@H]3[C@@H]1CC2. The largest absolute Gasteiger partial charge is 0.396 e. The van der Waals surface area contributed by atoms with E-state index in [9.17, 15) is 9.90 Å². The molecule has 0 heterocycles. The molecule has 2 nitrogen and oxygen atoms in total. The third-order valence-electron chi connectivity index (χ3n) is 8.26. The van der Waals surface area contributed by atoms with E-state index in [1.807, 2.05) is 0 Å². The summed E-state index contributed by atoms with van der Waals surface area (Å²) in [5.74, 6) is 3.94. The van der Waals surface area contributed by atoms with Crippen LogP contribution in [0.4, 0.5) is 0 Å². The summed E-state index contributed by atoms with van der Waals surface area (Å²) in [4.78, 5) is 12.1. The zero-order valence-corrected chi connectivity index (χ0v) is 14.8. The Morgan fingerprint density at radius 1 is 1.22 bits per heavy atom. The van der Waals surface area contributed by atoms with Crippen LogP contribution in [0.3, 0.4) is 0 Å². The fraction of sp³-hybridized carbons (Fsp3) is 0.857. The topological polar surface area (TPSA) is 37.3 Å². The molecule has 0 spiro atoms. The van der Waals surface area contributed by atoms with Crippen LogP contribution in [0.25, 0.3) is 0 Å². The molecule has 0 bridgehead atoms. The lowest BCUT2D eigenvalue weighted by Crippen LogP contribution is -2.45. The van der Waals surface area contributed by atoms with E-state index >= 15 is 0 Å². The van der Waals surface area contributed by atoms with Crippen molar-refractivity contribution in [1.29, 1.82) is 0 Å². The van der Waals surface area contributed by atoms with Gasteiger partial charge in [-0.15, -0.1) is 0 Å². The number of Topliss-reactive ketones (excluding diaryl/α,β-unsaturated/α-hetero) is 1. The van der Waals surface area contributed by atoms with E-state index in [4.69, 9.17) is 0 Å². The molecule has 2 unspecified atom stereocenters. The number of hydrogen-bond donors (Lipinski definition) is 1. The van der Waals surface area contributed by atoms with Gasteiger partial charge in [-0.25, -0.2) is 0 Å². The van der Waals surface area contributed by atoms with Crippen LogP contribution in [0, 0.1) is 35.0 Å². The number of carbonyl (C=O) groups is 1. The number of aliphatic hydroxyl groups is 1. The van der Waals surface area contributed by atoms with Crippen LogP contribution in [0.5, 0.6) is 0 Å². The minimum Gasteiger partial charge on any atom is -0.396 e. The molecule has 0 aromatic heterocycles. The third kappa shape index (κ3) is 2.27. The van der Waals surface area contributed by atoms with Crippen LogP contribution in [0.1, 0.15) is 71.6 Å². The van der Waals surface area contributed by atoms with E-state index < -0.39 is 0 Å². The van der Waals surface area contributed by atoms with Gasteiger partial charge in [0, 0.05) is 19.4 Å². The van der Waals surface area contributed by atoms with Crippen molar-refractivity contribution in [3.05, 3.63) is 11.1 Å². The normalized spacial score (nSPS) is 46.4. The van der Waals surface area contributed by atoms with Crippen molar-refractivity contribution in [3.63, 3.8) is 0 Å². The molecule has 0 saturated heterocycles. The Labute approximate surface area is 140 Å². The summed E-state index contributed by atoms with van der Waals surface area (Å²) in [5.41, 5.74) is 3.65. The maximum Gasteiger partial charge on any atom is 0.137 e. The molecule has 2 saturated carbocycles. The van der Waals surface area contributed by atoms with Gasteiger partial charge in [0.15, 0.2) is 0 Å². The third-order valence-corrected chi connectivity index (χ3v) is 8.26. The Hall–Kier alpha value is -0.630. The van der Waals surface area contributed by atoms with Gasteiger partial charge >= 0.3 is 0 Å². The second-order valence-electron chi connectivity index (χ2n) is 9.00. The summed E-state index contributed by atoms with van der Waals surface area (Å²) in [6.07, 6.45) is 10.3. The standard InChI is InChI=1S/C21H32O2/c1-3-13-10-16(23)11-14-4-6-17-18(20(13)14)8-9-21(2)15(12-22)5-7-19(17)21/h13,15,17-19,22H,3-12H2,1-2H3/t13?,15?,17-,18+,19+,21-/m1/s1. The van der Waals surface area contributed by atoms with Crippen molar-refractivity contribution in [2.75, 3.05) is 6.61 Å². The first-order valence-corrected chi connectivity index (χ1v) is 9.92.